The lowest BCUT2D eigenvalue weighted by atomic mass is 9.95. The minimum atomic E-state index is -0.484. The highest BCUT2D eigenvalue weighted by Crippen LogP contribution is 2.31. The zero-order valence-electron chi connectivity index (χ0n) is 11.2. The molecule has 1 unspecified atom stereocenters. The van der Waals surface area contributed by atoms with Gasteiger partial charge in [0, 0.05) is 11.1 Å². The van der Waals surface area contributed by atoms with Crippen molar-refractivity contribution >= 4 is 0 Å². The summed E-state index contributed by atoms with van der Waals surface area (Å²) in [6.07, 6.45) is 0. The van der Waals surface area contributed by atoms with E-state index in [2.05, 4.69) is 0 Å². The SMILES string of the molecule is Cc1ccc(F)c(C(N)c2c(C)oc(C)c2C)c1. The number of nitrogens with two attached hydrogens (primary N) is 1. The van der Waals surface area contributed by atoms with Crippen LogP contribution >= 0.6 is 0 Å². The van der Waals surface area contributed by atoms with Crippen LogP contribution in [-0.2, 0) is 0 Å². The molecule has 1 heterocycles. The molecule has 3 heteroatoms. The Labute approximate surface area is 107 Å². The molecule has 18 heavy (non-hydrogen) atoms. The van der Waals surface area contributed by atoms with E-state index in [4.69, 9.17) is 10.2 Å². The first-order valence-corrected chi connectivity index (χ1v) is 6.00. The summed E-state index contributed by atoms with van der Waals surface area (Å²) in [5.41, 5.74) is 9.60. The summed E-state index contributed by atoms with van der Waals surface area (Å²) in [4.78, 5) is 0. The van der Waals surface area contributed by atoms with Crippen LogP contribution in [0.5, 0.6) is 0 Å². The van der Waals surface area contributed by atoms with Crippen LogP contribution in [0.2, 0.25) is 0 Å². The Kier molecular flexibility index (Phi) is 3.26. The van der Waals surface area contributed by atoms with Crippen LogP contribution in [0.1, 0.15) is 39.8 Å². The van der Waals surface area contributed by atoms with E-state index in [1.54, 1.807) is 12.1 Å². The number of furan rings is 1. The van der Waals surface area contributed by atoms with Gasteiger partial charge in [0.25, 0.3) is 0 Å². The van der Waals surface area contributed by atoms with Crippen molar-refractivity contribution in [2.45, 2.75) is 33.7 Å². The Balaban J connectivity index is 2.54. The van der Waals surface area contributed by atoms with Gasteiger partial charge in [0.2, 0.25) is 0 Å². The van der Waals surface area contributed by atoms with E-state index in [9.17, 15) is 4.39 Å². The molecule has 96 valence electrons. The maximum atomic E-state index is 13.9. The third-order valence-corrected chi connectivity index (χ3v) is 3.42. The maximum Gasteiger partial charge on any atom is 0.128 e. The Morgan fingerprint density at radius 1 is 1.11 bits per heavy atom. The lowest BCUT2D eigenvalue weighted by Crippen LogP contribution is -2.15. The number of halogens is 1. The largest absolute Gasteiger partial charge is 0.466 e. The van der Waals surface area contributed by atoms with Crippen molar-refractivity contribution in [3.63, 3.8) is 0 Å². The van der Waals surface area contributed by atoms with Crippen LogP contribution in [0.15, 0.2) is 22.6 Å². The molecule has 0 aliphatic heterocycles. The number of benzene rings is 1. The first kappa shape index (κ1) is 12.8. The fraction of sp³-hybridized carbons (Fsp3) is 0.333. The molecular formula is C15H18FNO. The average Bonchev–Trinajstić information content (AvgIpc) is 2.56. The van der Waals surface area contributed by atoms with E-state index in [0.29, 0.717) is 5.56 Å². The topological polar surface area (TPSA) is 39.2 Å². The average molecular weight is 247 g/mol. The van der Waals surface area contributed by atoms with Gasteiger partial charge in [-0.25, -0.2) is 4.39 Å². The smallest absolute Gasteiger partial charge is 0.128 e. The molecule has 0 aliphatic carbocycles. The monoisotopic (exact) mass is 247 g/mol. The van der Waals surface area contributed by atoms with Gasteiger partial charge in [-0.05, 0) is 39.3 Å². The molecule has 0 aliphatic rings. The van der Waals surface area contributed by atoms with E-state index in [-0.39, 0.29) is 5.82 Å². The Morgan fingerprint density at radius 2 is 1.78 bits per heavy atom. The van der Waals surface area contributed by atoms with Crippen LogP contribution < -0.4 is 5.73 Å². The minimum absolute atomic E-state index is 0.272. The molecule has 0 bridgehead atoms. The molecule has 1 atom stereocenters. The highest BCUT2D eigenvalue weighted by molar-refractivity contribution is 5.41. The Morgan fingerprint density at radius 3 is 2.33 bits per heavy atom. The zero-order valence-corrected chi connectivity index (χ0v) is 11.2. The van der Waals surface area contributed by atoms with E-state index in [1.165, 1.54) is 6.07 Å². The molecular weight excluding hydrogens is 229 g/mol. The normalized spacial score (nSPS) is 12.8. The van der Waals surface area contributed by atoms with E-state index >= 15 is 0 Å². The third kappa shape index (κ3) is 2.06. The molecule has 1 aromatic carbocycles. The second-order valence-corrected chi connectivity index (χ2v) is 4.76. The molecule has 0 spiro atoms. The molecule has 2 nitrogen and oxygen atoms in total. The van der Waals surface area contributed by atoms with E-state index < -0.39 is 6.04 Å². The molecule has 2 N–H and O–H groups in total. The number of hydrogen-bond acceptors (Lipinski definition) is 2. The number of rotatable bonds is 2. The molecule has 1 aromatic heterocycles. The van der Waals surface area contributed by atoms with Crippen LogP contribution in [0, 0.1) is 33.5 Å². The highest BCUT2D eigenvalue weighted by atomic mass is 19.1. The Bertz CT molecular complexity index is 586. The number of hydrogen-bond donors (Lipinski definition) is 1. The first-order valence-electron chi connectivity index (χ1n) is 6.00. The molecule has 0 radical (unpaired) electrons. The molecule has 0 amide bonds. The summed E-state index contributed by atoms with van der Waals surface area (Å²) in [6.45, 7) is 7.64. The van der Waals surface area contributed by atoms with Gasteiger partial charge in [-0.1, -0.05) is 17.7 Å². The molecule has 2 aromatic rings. The quantitative estimate of drug-likeness (QED) is 0.878. The first-order chi connectivity index (χ1) is 8.41. The van der Waals surface area contributed by atoms with Gasteiger partial charge in [-0.3, -0.25) is 0 Å². The van der Waals surface area contributed by atoms with Crippen LogP contribution in [0.4, 0.5) is 4.39 Å². The van der Waals surface area contributed by atoms with Crippen molar-refractivity contribution in [3.05, 3.63) is 57.8 Å². The summed E-state index contributed by atoms with van der Waals surface area (Å²) < 4.78 is 19.4. The van der Waals surface area contributed by atoms with Crippen LogP contribution in [0.25, 0.3) is 0 Å². The minimum Gasteiger partial charge on any atom is -0.466 e. The second kappa shape index (κ2) is 4.58. The Hall–Kier alpha value is -1.61. The van der Waals surface area contributed by atoms with Crippen molar-refractivity contribution in [1.29, 1.82) is 0 Å². The predicted molar refractivity (Wildman–Crippen MR) is 70.1 cm³/mol. The summed E-state index contributed by atoms with van der Waals surface area (Å²) >= 11 is 0. The summed E-state index contributed by atoms with van der Waals surface area (Å²) in [7, 11) is 0. The van der Waals surface area contributed by atoms with Crippen LogP contribution in [-0.4, -0.2) is 0 Å². The summed E-state index contributed by atoms with van der Waals surface area (Å²) in [5, 5.41) is 0. The molecule has 0 fully saturated rings. The van der Waals surface area contributed by atoms with Gasteiger partial charge in [0.15, 0.2) is 0 Å². The summed E-state index contributed by atoms with van der Waals surface area (Å²) in [5.74, 6) is 1.33. The lowest BCUT2D eigenvalue weighted by Gasteiger charge is -2.14. The molecule has 0 saturated heterocycles. The van der Waals surface area contributed by atoms with Crippen molar-refractivity contribution in [2.24, 2.45) is 5.73 Å². The van der Waals surface area contributed by atoms with Crippen molar-refractivity contribution in [1.82, 2.24) is 0 Å². The lowest BCUT2D eigenvalue weighted by molar-refractivity contribution is 0.497. The van der Waals surface area contributed by atoms with Crippen LogP contribution in [0.3, 0.4) is 0 Å². The molecule has 0 saturated carbocycles. The second-order valence-electron chi connectivity index (χ2n) is 4.76. The number of aryl methyl sites for hydroxylation is 3. The van der Waals surface area contributed by atoms with Crippen molar-refractivity contribution in [3.8, 4) is 0 Å². The van der Waals surface area contributed by atoms with Gasteiger partial charge in [-0.2, -0.15) is 0 Å². The van der Waals surface area contributed by atoms with Gasteiger partial charge in [0.05, 0.1) is 6.04 Å². The standard InChI is InChI=1S/C15H18FNO/c1-8-5-6-13(16)12(7-8)15(17)14-9(2)10(3)18-11(14)4/h5-7,15H,17H2,1-4H3. The fourth-order valence-corrected chi connectivity index (χ4v) is 2.32. The van der Waals surface area contributed by atoms with Crippen molar-refractivity contribution in [2.75, 3.05) is 0 Å². The van der Waals surface area contributed by atoms with Gasteiger partial charge >= 0.3 is 0 Å². The van der Waals surface area contributed by atoms with Crippen molar-refractivity contribution < 1.29 is 8.81 Å². The fourth-order valence-electron chi connectivity index (χ4n) is 2.32. The van der Waals surface area contributed by atoms with Gasteiger partial charge in [0.1, 0.15) is 17.3 Å². The molecule has 2 rings (SSSR count). The van der Waals surface area contributed by atoms with Gasteiger partial charge in [-0.15, -0.1) is 0 Å². The van der Waals surface area contributed by atoms with E-state index in [0.717, 1.165) is 28.2 Å². The third-order valence-electron chi connectivity index (χ3n) is 3.42. The van der Waals surface area contributed by atoms with Gasteiger partial charge < -0.3 is 10.2 Å². The highest BCUT2D eigenvalue weighted by Gasteiger charge is 2.21. The summed E-state index contributed by atoms with van der Waals surface area (Å²) in [6, 6.07) is 4.51. The zero-order chi connectivity index (χ0) is 13.4. The maximum absolute atomic E-state index is 13.9. The predicted octanol–water partition coefficient (Wildman–Crippen LogP) is 3.70. The van der Waals surface area contributed by atoms with E-state index in [1.807, 2.05) is 27.7 Å².